The molecule has 1 aliphatic rings. The summed E-state index contributed by atoms with van der Waals surface area (Å²) in [5.41, 5.74) is 0. The maximum absolute atomic E-state index is 4.90. The number of ether oxygens (including phenoxy) is 1. The fraction of sp³-hybridized carbons (Fsp3) is 0.667. The maximum atomic E-state index is 4.90. The van der Waals surface area contributed by atoms with Crippen molar-refractivity contribution in [3.63, 3.8) is 0 Å². The Bertz CT molecular complexity index is 234. The van der Waals surface area contributed by atoms with E-state index in [1.807, 2.05) is 4.68 Å². The van der Waals surface area contributed by atoms with Gasteiger partial charge in [0, 0.05) is 6.54 Å². The summed E-state index contributed by atoms with van der Waals surface area (Å²) in [5, 5.41) is 7.31. The van der Waals surface area contributed by atoms with Gasteiger partial charge in [0.15, 0.2) is 0 Å². The molecule has 0 spiro atoms. The predicted molar refractivity (Wildman–Crippen MR) is 38.3 cm³/mol. The van der Waals surface area contributed by atoms with Gasteiger partial charge >= 0.3 is 6.01 Å². The van der Waals surface area contributed by atoms with Crippen LogP contribution in [-0.4, -0.2) is 28.4 Å². The quantitative estimate of drug-likeness (QED) is 0.586. The molecule has 0 atom stereocenters. The van der Waals surface area contributed by atoms with Gasteiger partial charge in [-0.15, -0.1) is 5.10 Å². The Hall–Kier alpha value is -1.10. The molecule has 0 fully saturated rings. The van der Waals surface area contributed by atoms with E-state index in [-0.39, 0.29) is 0 Å². The summed E-state index contributed by atoms with van der Waals surface area (Å²) >= 11 is 0. The van der Waals surface area contributed by atoms with Crippen molar-refractivity contribution in [3.05, 3.63) is 5.82 Å². The van der Waals surface area contributed by atoms with E-state index >= 15 is 0 Å². The zero-order chi connectivity index (χ0) is 7.68. The van der Waals surface area contributed by atoms with Gasteiger partial charge in [0.25, 0.3) is 0 Å². The predicted octanol–water partition coefficient (Wildman–Crippen LogP) is -0.610. The average Bonchev–Trinajstić information content (AvgIpc) is 2.46. The van der Waals surface area contributed by atoms with Gasteiger partial charge in [0.05, 0.1) is 20.2 Å². The second-order valence-corrected chi connectivity index (χ2v) is 2.41. The monoisotopic (exact) mass is 154 g/mol. The second-order valence-electron chi connectivity index (χ2n) is 2.41. The van der Waals surface area contributed by atoms with Gasteiger partial charge in [-0.25, -0.2) is 4.68 Å². The summed E-state index contributed by atoms with van der Waals surface area (Å²) in [5.74, 6) is 0.952. The van der Waals surface area contributed by atoms with E-state index in [1.54, 1.807) is 7.11 Å². The Labute approximate surface area is 64.4 Å². The van der Waals surface area contributed by atoms with Crippen molar-refractivity contribution in [3.8, 4) is 6.01 Å². The van der Waals surface area contributed by atoms with Crippen LogP contribution in [0.4, 0.5) is 0 Å². The van der Waals surface area contributed by atoms with E-state index in [2.05, 4.69) is 15.4 Å². The summed E-state index contributed by atoms with van der Waals surface area (Å²) in [7, 11) is 1.58. The van der Waals surface area contributed by atoms with E-state index in [0.29, 0.717) is 6.01 Å². The van der Waals surface area contributed by atoms with Crippen LogP contribution in [0.3, 0.4) is 0 Å². The second kappa shape index (κ2) is 2.50. The highest BCUT2D eigenvalue weighted by Crippen LogP contribution is 2.06. The number of aromatic nitrogens is 3. The third kappa shape index (κ3) is 1.07. The normalized spacial score (nSPS) is 16.1. The number of methoxy groups -OCH3 is 1. The SMILES string of the molecule is COc1nc2n(n1)CCNC2. The molecule has 0 saturated heterocycles. The molecule has 1 aromatic rings. The lowest BCUT2D eigenvalue weighted by molar-refractivity contribution is 0.374. The lowest BCUT2D eigenvalue weighted by atomic mass is 10.4. The van der Waals surface area contributed by atoms with Crippen molar-refractivity contribution in [2.75, 3.05) is 13.7 Å². The minimum Gasteiger partial charge on any atom is -0.466 e. The molecule has 2 heterocycles. The van der Waals surface area contributed by atoms with Crippen molar-refractivity contribution < 1.29 is 4.74 Å². The molecule has 0 radical (unpaired) electrons. The van der Waals surface area contributed by atoms with Crippen LogP contribution in [0.15, 0.2) is 0 Å². The largest absolute Gasteiger partial charge is 0.466 e. The molecular weight excluding hydrogens is 144 g/mol. The number of hydrogen-bond donors (Lipinski definition) is 1. The summed E-state index contributed by atoms with van der Waals surface area (Å²) in [6.45, 7) is 2.63. The first-order valence-electron chi connectivity index (χ1n) is 3.58. The minimum atomic E-state index is 0.462. The van der Waals surface area contributed by atoms with E-state index in [4.69, 9.17) is 4.74 Å². The van der Waals surface area contributed by atoms with Crippen LogP contribution in [0.1, 0.15) is 5.82 Å². The molecule has 2 rings (SSSR count). The van der Waals surface area contributed by atoms with Crippen LogP contribution in [0.5, 0.6) is 6.01 Å². The van der Waals surface area contributed by atoms with Crippen molar-refractivity contribution in [1.29, 1.82) is 0 Å². The molecule has 0 amide bonds. The first kappa shape index (κ1) is 6.60. The third-order valence-electron chi connectivity index (χ3n) is 1.69. The number of hydrogen-bond acceptors (Lipinski definition) is 4. The molecule has 1 N–H and O–H groups in total. The fourth-order valence-corrected chi connectivity index (χ4v) is 1.13. The van der Waals surface area contributed by atoms with Gasteiger partial charge in [-0.3, -0.25) is 0 Å². The molecule has 0 aromatic carbocycles. The average molecular weight is 154 g/mol. The molecule has 11 heavy (non-hydrogen) atoms. The van der Waals surface area contributed by atoms with Crippen molar-refractivity contribution in [2.45, 2.75) is 13.1 Å². The summed E-state index contributed by atoms with van der Waals surface area (Å²) in [6.07, 6.45) is 0. The number of nitrogens with one attached hydrogen (secondary N) is 1. The molecule has 0 saturated carbocycles. The molecule has 1 aromatic heterocycles. The smallest absolute Gasteiger partial charge is 0.335 e. The van der Waals surface area contributed by atoms with E-state index in [9.17, 15) is 0 Å². The van der Waals surface area contributed by atoms with Gasteiger partial charge in [-0.2, -0.15) is 4.98 Å². The first-order valence-corrected chi connectivity index (χ1v) is 3.58. The highest BCUT2D eigenvalue weighted by molar-refractivity contribution is 4.98. The Morgan fingerprint density at radius 1 is 1.64 bits per heavy atom. The Morgan fingerprint density at radius 2 is 2.55 bits per heavy atom. The lowest BCUT2D eigenvalue weighted by Crippen LogP contribution is -2.28. The Balaban J connectivity index is 2.32. The molecule has 0 bridgehead atoms. The number of fused-ring (bicyclic) bond motifs is 1. The van der Waals surface area contributed by atoms with Gasteiger partial charge in [0.2, 0.25) is 0 Å². The zero-order valence-electron chi connectivity index (χ0n) is 6.37. The minimum absolute atomic E-state index is 0.462. The molecule has 0 unspecified atom stereocenters. The van der Waals surface area contributed by atoms with Crippen molar-refractivity contribution in [1.82, 2.24) is 20.1 Å². The van der Waals surface area contributed by atoms with Crippen molar-refractivity contribution >= 4 is 0 Å². The van der Waals surface area contributed by atoms with Crippen LogP contribution in [0, 0.1) is 0 Å². The lowest BCUT2D eigenvalue weighted by Gasteiger charge is -2.11. The summed E-state index contributed by atoms with van der Waals surface area (Å²) in [4.78, 5) is 4.14. The van der Waals surface area contributed by atoms with Gasteiger partial charge in [0.1, 0.15) is 5.82 Å². The van der Waals surface area contributed by atoms with E-state index < -0.39 is 0 Å². The molecule has 60 valence electrons. The van der Waals surface area contributed by atoms with Crippen LogP contribution in [0.25, 0.3) is 0 Å². The first-order chi connectivity index (χ1) is 5.40. The third-order valence-corrected chi connectivity index (χ3v) is 1.69. The number of rotatable bonds is 1. The molecular formula is C6H10N4O. The van der Waals surface area contributed by atoms with E-state index in [1.165, 1.54) is 0 Å². The van der Waals surface area contributed by atoms with Gasteiger partial charge in [-0.1, -0.05) is 0 Å². The molecule has 5 heteroatoms. The van der Waals surface area contributed by atoms with Crippen LogP contribution in [-0.2, 0) is 13.1 Å². The molecule has 0 aliphatic carbocycles. The Morgan fingerprint density at radius 3 is 3.27 bits per heavy atom. The fourth-order valence-electron chi connectivity index (χ4n) is 1.13. The summed E-state index contributed by atoms with van der Waals surface area (Å²) < 4.78 is 6.77. The standard InChI is InChI=1S/C6H10N4O/c1-11-6-8-5-4-7-2-3-10(5)9-6/h7H,2-4H2,1H3. The topological polar surface area (TPSA) is 52.0 Å². The summed E-state index contributed by atoms with van der Waals surface area (Å²) in [6, 6.07) is 0.462. The van der Waals surface area contributed by atoms with Gasteiger partial charge in [-0.05, 0) is 0 Å². The Kier molecular flexibility index (Phi) is 1.50. The van der Waals surface area contributed by atoms with Crippen LogP contribution < -0.4 is 10.1 Å². The maximum Gasteiger partial charge on any atom is 0.335 e. The molecule has 5 nitrogen and oxygen atoms in total. The zero-order valence-corrected chi connectivity index (χ0v) is 6.37. The van der Waals surface area contributed by atoms with Crippen molar-refractivity contribution in [2.24, 2.45) is 0 Å². The van der Waals surface area contributed by atoms with Crippen LogP contribution >= 0.6 is 0 Å². The number of nitrogens with zero attached hydrogens (tertiary/aromatic N) is 3. The highest BCUT2D eigenvalue weighted by atomic mass is 16.5. The van der Waals surface area contributed by atoms with Gasteiger partial charge < -0.3 is 10.1 Å². The van der Waals surface area contributed by atoms with E-state index in [0.717, 1.165) is 25.5 Å². The molecule has 1 aliphatic heterocycles. The highest BCUT2D eigenvalue weighted by Gasteiger charge is 2.12. The van der Waals surface area contributed by atoms with Crippen LogP contribution in [0.2, 0.25) is 0 Å².